The van der Waals surface area contributed by atoms with Crippen LogP contribution in [0.1, 0.15) is 0 Å². The van der Waals surface area contributed by atoms with E-state index < -0.39 is 10.7 Å². The first kappa shape index (κ1) is 15.1. The summed E-state index contributed by atoms with van der Waals surface area (Å²) in [5, 5.41) is 10.8. The van der Waals surface area contributed by atoms with E-state index in [1.165, 1.54) is 0 Å². The van der Waals surface area contributed by atoms with E-state index in [2.05, 4.69) is 15.9 Å². The highest BCUT2D eigenvalue weighted by atomic mass is 79.9. The molecule has 1 aromatic rings. The van der Waals surface area contributed by atoms with Crippen molar-refractivity contribution >= 4 is 33.2 Å². The molecule has 0 bridgehead atoms. The van der Waals surface area contributed by atoms with E-state index in [0.717, 1.165) is 12.1 Å². The number of halogens is 3. The lowest BCUT2D eigenvalue weighted by atomic mass is 10.3. The summed E-state index contributed by atoms with van der Waals surface area (Å²) in [6, 6.07) is 2.02. The van der Waals surface area contributed by atoms with Crippen LogP contribution in [0, 0.1) is 15.9 Å². The van der Waals surface area contributed by atoms with Crippen LogP contribution in [0.3, 0.4) is 0 Å². The first-order chi connectivity index (χ1) is 8.56. The average molecular weight is 343 g/mol. The lowest BCUT2D eigenvalue weighted by Gasteiger charge is -2.07. The standard InChI is InChI=1S/C10H10BrClFNO4/c11-7-5-9(14(15)16)10(6-8(7)13)18-4-3-17-2-1-12/h5-6H,1-4H2. The molecule has 0 aliphatic heterocycles. The van der Waals surface area contributed by atoms with E-state index >= 15 is 0 Å². The Labute approximate surface area is 116 Å². The smallest absolute Gasteiger partial charge is 0.312 e. The molecule has 0 N–H and O–H groups in total. The predicted molar refractivity (Wildman–Crippen MR) is 67.8 cm³/mol. The van der Waals surface area contributed by atoms with E-state index in [1.807, 2.05) is 0 Å². The number of hydrogen-bond acceptors (Lipinski definition) is 4. The average Bonchev–Trinajstić information content (AvgIpc) is 2.32. The SMILES string of the molecule is O=[N+]([O-])c1cc(Br)c(F)cc1OCCOCCCl. The fourth-order valence-corrected chi connectivity index (χ4v) is 1.58. The summed E-state index contributed by atoms with van der Waals surface area (Å²) in [7, 11) is 0. The van der Waals surface area contributed by atoms with Gasteiger partial charge in [0.25, 0.3) is 0 Å². The molecular weight excluding hydrogens is 332 g/mol. The molecule has 0 atom stereocenters. The molecule has 0 aliphatic carbocycles. The van der Waals surface area contributed by atoms with Crippen LogP contribution in [-0.4, -0.2) is 30.6 Å². The monoisotopic (exact) mass is 341 g/mol. The van der Waals surface area contributed by atoms with Gasteiger partial charge in [-0.25, -0.2) is 4.39 Å². The molecule has 0 aliphatic rings. The number of rotatable bonds is 7. The van der Waals surface area contributed by atoms with Crippen LogP contribution < -0.4 is 4.74 Å². The third-order valence-electron chi connectivity index (χ3n) is 1.91. The van der Waals surface area contributed by atoms with Crippen molar-refractivity contribution in [3.63, 3.8) is 0 Å². The number of benzene rings is 1. The molecule has 0 radical (unpaired) electrons. The van der Waals surface area contributed by atoms with Crippen molar-refractivity contribution in [2.75, 3.05) is 25.7 Å². The third-order valence-corrected chi connectivity index (χ3v) is 2.67. The molecule has 0 fully saturated rings. The summed E-state index contributed by atoms with van der Waals surface area (Å²) >= 11 is 8.27. The van der Waals surface area contributed by atoms with Crippen LogP contribution in [-0.2, 0) is 4.74 Å². The Bertz CT molecular complexity index is 433. The summed E-state index contributed by atoms with van der Waals surface area (Å²) in [5.74, 6) is -0.403. The van der Waals surface area contributed by atoms with Crippen LogP contribution in [0.15, 0.2) is 16.6 Å². The maximum Gasteiger partial charge on any atom is 0.312 e. The van der Waals surface area contributed by atoms with Gasteiger partial charge in [0, 0.05) is 18.0 Å². The van der Waals surface area contributed by atoms with Gasteiger partial charge in [-0.15, -0.1) is 11.6 Å². The van der Waals surface area contributed by atoms with Crippen LogP contribution in [0.4, 0.5) is 10.1 Å². The van der Waals surface area contributed by atoms with Crippen molar-refractivity contribution in [2.24, 2.45) is 0 Å². The molecule has 100 valence electrons. The van der Waals surface area contributed by atoms with Gasteiger partial charge in [0.2, 0.25) is 0 Å². The van der Waals surface area contributed by atoms with Crippen LogP contribution >= 0.6 is 27.5 Å². The Morgan fingerprint density at radius 2 is 2.11 bits per heavy atom. The highest BCUT2D eigenvalue weighted by Crippen LogP contribution is 2.32. The van der Waals surface area contributed by atoms with Crippen molar-refractivity contribution in [3.05, 3.63) is 32.5 Å². The zero-order valence-electron chi connectivity index (χ0n) is 9.20. The van der Waals surface area contributed by atoms with Crippen LogP contribution in [0.5, 0.6) is 5.75 Å². The maximum atomic E-state index is 13.3. The van der Waals surface area contributed by atoms with Crippen molar-refractivity contribution in [2.45, 2.75) is 0 Å². The first-order valence-corrected chi connectivity index (χ1v) is 6.29. The summed E-state index contributed by atoms with van der Waals surface area (Å²) < 4.78 is 23.4. The molecule has 0 unspecified atom stereocenters. The Kier molecular flexibility index (Phi) is 6.31. The molecule has 1 aromatic carbocycles. The minimum atomic E-state index is -0.640. The van der Waals surface area contributed by atoms with E-state index in [9.17, 15) is 14.5 Å². The van der Waals surface area contributed by atoms with Crippen LogP contribution in [0.25, 0.3) is 0 Å². The maximum absolute atomic E-state index is 13.3. The second-order valence-electron chi connectivity index (χ2n) is 3.14. The lowest BCUT2D eigenvalue weighted by Crippen LogP contribution is -2.09. The molecule has 0 saturated carbocycles. The van der Waals surface area contributed by atoms with Gasteiger partial charge in [0.15, 0.2) is 5.75 Å². The second kappa shape index (κ2) is 7.50. The molecule has 18 heavy (non-hydrogen) atoms. The van der Waals surface area contributed by atoms with E-state index in [4.69, 9.17) is 21.1 Å². The number of hydrogen-bond donors (Lipinski definition) is 0. The second-order valence-corrected chi connectivity index (χ2v) is 4.37. The number of nitro groups is 1. The minimum absolute atomic E-state index is 0.0138. The fourth-order valence-electron chi connectivity index (χ4n) is 1.14. The zero-order valence-corrected chi connectivity index (χ0v) is 11.5. The van der Waals surface area contributed by atoms with Gasteiger partial charge in [-0.05, 0) is 15.9 Å². The van der Waals surface area contributed by atoms with Gasteiger partial charge < -0.3 is 9.47 Å². The van der Waals surface area contributed by atoms with E-state index in [0.29, 0.717) is 12.5 Å². The van der Waals surface area contributed by atoms with Gasteiger partial charge in [0.05, 0.1) is 22.6 Å². The quantitative estimate of drug-likeness (QED) is 0.330. The van der Waals surface area contributed by atoms with Gasteiger partial charge in [-0.2, -0.15) is 0 Å². The van der Waals surface area contributed by atoms with Crippen molar-refractivity contribution in [3.8, 4) is 5.75 Å². The Morgan fingerprint density at radius 1 is 1.39 bits per heavy atom. The highest BCUT2D eigenvalue weighted by Gasteiger charge is 2.18. The van der Waals surface area contributed by atoms with Gasteiger partial charge in [0.1, 0.15) is 12.4 Å². The normalized spacial score (nSPS) is 10.4. The number of nitro benzene ring substituents is 1. The first-order valence-electron chi connectivity index (χ1n) is 4.96. The molecule has 0 amide bonds. The minimum Gasteiger partial charge on any atom is -0.484 e. The van der Waals surface area contributed by atoms with Crippen LogP contribution in [0.2, 0.25) is 0 Å². The molecule has 8 heteroatoms. The highest BCUT2D eigenvalue weighted by molar-refractivity contribution is 9.10. The number of ether oxygens (including phenoxy) is 2. The largest absolute Gasteiger partial charge is 0.484 e. The lowest BCUT2D eigenvalue weighted by molar-refractivity contribution is -0.386. The summed E-state index contributed by atoms with van der Waals surface area (Å²) in [4.78, 5) is 10.1. The van der Waals surface area contributed by atoms with E-state index in [-0.39, 0.29) is 29.1 Å². The summed E-state index contributed by atoms with van der Waals surface area (Å²) in [6.07, 6.45) is 0. The zero-order chi connectivity index (χ0) is 13.5. The van der Waals surface area contributed by atoms with Gasteiger partial charge >= 0.3 is 5.69 Å². The molecule has 0 saturated heterocycles. The Balaban J connectivity index is 2.68. The summed E-state index contributed by atoms with van der Waals surface area (Å²) in [5.41, 5.74) is -0.305. The predicted octanol–water partition coefficient (Wildman–Crippen LogP) is 3.13. The summed E-state index contributed by atoms with van der Waals surface area (Å²) in [6.45, 7) is 0.669. The van der Waals surface area contributed by atoms with Gasteiger partial charge in [-0.1, -0.05) is 0 Å². The number of alkyl halides is 1. The molecule has 1 rings (SSSR count). The third kappa shape index (κ3) is 4.40. The molecule has 0 spiro atoms. The van der Waals surface area contributed by atoms with Crippen molar-refractivity contribution in [1.82, 2.24) is 0 Å². The fraction of sp³-hybridized carbons (Fsp3) is 0.400. The Morgan fingerprint density at radius 3 is 2.72 bits per heavy atom. The molecular formula is C10H10BrClFNO4. The van der Waals surface area contributed by atoms with Gasteiger partial charge in [-0.3, -0.25) is 10.1 Å². The van der Waals surface area contributed by atoms with Crippen molar-refractivity contribution < 1.29 is 18.8 Å². The Hall–Kier alpha value is -0.920. The van der Waals surface area contributed by atoms with Crippen molar-refractivity contribution in [1.29, 1.82) is 0 Å². The molecule has 0 aromatic heterocycles. The molecule has 0 heterocycles. The van der Waals surface area contributed by atoms with E-state index in [1.54, 1.807) is 0 Å². The molecule has 5 nitrogen and oxygen atoms in total. The topological polar surface area (TPSA) is 61.6 Å². The number of nitrogens with zero attached hydrogens (tertiary/aromatic N) is 1.